The fourth-order valence-corrected chi connectivity index (χ4v) is 2.62. The lowest BCUT2D eigenvalue weighted by Crippen LogP contribution is -2.41. The summed E-state index contributed by atoms with van der Waals surface area (Å²) in [4.78, 5) is 14.2. The van der Waals surface area contributed by atoms with Crippen LogP contribution >= 0.6 is 0 Å². The lowest BCUT2D eigenvalue weighted by atomic mass is 10.0. The molecule has 1 heterocycles. The van der Waals surface area contributed by atoms with Crippen LogP contribution in [0, 0.1) is 0 Å². The molecule has 0 radical (unpaired) electrons. The Balaban J connectivity index is 2.36. The van der Waals surface area contributed by atoms with E-state index in [0.717, 1.165) is 11.3 Å². The Morgan fingerprint density at radius 3 is 2.48 bits per heavy atom. The quantitative estimate of drug-likeness (QED) is 0.844. The molecule has 0 fully saturated rings. The summed E-state index contributed by atoms with van der Waals surface area (Å²) in [7, 11) is 0. The number of carbonyl (C=O) groups is 1. The minimum Gasteiger partial charge on any atom is -0.504 e. The van der Waals surface area contributed by atoms with Gasteiger partial charge in [0, 0.05) is 12.6 Å². The van der Waals surface area contributed by atoms with E-state index in [9.17, 15) is 15.0 Å². The number of amides is 1. The van der Waals surface area contributed by atoms with Gasteiger partial charge in [-0.05, 0) is 44.4 Å². The summed E-state index contributed by atoms with van der Waals surface area (Å²) in [5.74, 6) is -0.198. The summed E-state index contributed by atoms with van der Waals surface area (Å²) in [5, 5.41) is 24.1. The second kappa shape index (κ2) is 7.70. The predicted molar refractivity (Wildman–Crippen MR) is 97.2 cm³/mol. The zero-order valence-electron chi connectivity index (χ0n) is 15.5. The number of rotatable bonds is 6. The van der Waals surface area contributed by atoms with Crippen molar-refractivity contribution in [1.29, 1.82) is 0 Å². The summed E-state index contributed by atoms with van der Waals surface area (Å²) < 4.78 is 1.51. The van der Waals surface area contributed by atoms with Crippen LogP contribution in [-0.2, 0) is 0 Å². The normalized spacial score (nSPS) is 12.6. The first kappa shape index (κ1) is 19.0. The fraction of sp³-hybridized carbons (Fsp3) is 0.474. The van der Waals surface area contributed by atoms with Gasteiger partial charge in [-0.25, -0.2) is 4.68 Å². The molecule has 1 aromatic carbocycles. The molecule has 0 bridgehead atoms. The molecule has 2 N–H and O–H groups in total. The van der Waals surface area contributed by atoms with Crippen molar-refractivity contribution < 1.29 is 15.0 Å². The van der Waals surface area contributed by atoms with Gasteiger partial charge in [0.2, 0.25) is 0 Å². The van der Waals surface area contributed by atoms with Crippen LogP contribution in [0.1, 0.15) is 56.6 Å². The van der Waals surface area contributed by atoms with E-state index in [1.54, 1.807) is 6.92 Å². The van der Waals surface area contributed by atoms with Gasteiger partial charge < -0.3 is 15.1 Å². The van der Waals surface area contributed by atoms with Crippen LogP contribution in [0.2, 0.25) is 0 Å². The number of aliphatic hydroxyl groups is 1. The molecule has 2 rings (SSSR count). The Labute approximate surface area is 148 Å². The van der Waals surface area contributed by atoms with Gasteiger partial charge in [0.15, 0.2) is 11.4 Å². The van der Waals surface area contributed by atoms with E-state index < -0.39 is 12.0 Å². The van der Waals surface area contributed by atoms with E-state index in [1.807, 2.05) is 38.1 Å². The van der Waals surface area contributed by atoms with Gasteiger partial charge in [0.05, 0.1) is 18.0 Å². The van der Waals surface area contributed by atoms with Crippen LogP contribution in [-0.4, -0.2) is 49.5 Å². The summed E-state index contributed by atoms with van der Waals surface area (Å²) in [6.07, 6.45) is 0.784. The Bertz CT molecular complexity index is 735. The smallest absolute Gasteiger partial charge is 0.278 e. The van der Waals surface area contributed by atoms with E-state index in [0.29, 0.717) is 5.92 Å². The zero-order chi connectivity index (χ0) is 18.7. The highest BCUT2D eigenvalue weighted by Gasteiger charge is 2.26. The van der Waals surface area contributed by atoms with Crippen LogP contribution in [0.4, 0.5) is 0 Å². The molecule has 0 saturated carbocycles. The lowest BCUT2D eigenvalue weighted by molar-refractivity contribution is 0.0570. The molecule has 0 aliphatic heterocycles. The van der Waals surface area contributed by atoms with Gasteiger partial charge in [0.1, 0.15) is 0 Å². The second-order valence-corrected chi connectivity index (χ2v) is 6.96. The third-order valence-electron chi connectivity index (χ3n) is 4.04. The first-order chi connectivity index (χ1) is 11.7. The van der Waals surface area contributed by atoms with Gasteiger partial charge in [-0.1, -0.05) is 26.0 Å². The summed E-state index contributed by atoms with van der Waals surface area (Å²) in [6, 6.07) is 7.71. The lowest BCUT2D eigenvalue weighted by Gasteiger charge is -2.27. The second-order valence-electron chi connectivity index (χ2n) is 6.96. The van der Waals surface area contributed by atoms with Crippen LogP contribution in [0.3, 0.4) is 0 Å². The topological polar surface area (TPSA) is 78.6 Å². The Kier molecular flexibility index (Phi) is 5.85. The Morgan fingerprint density at radius 1 is 1.24 bits per heavy atom. The molecule has 0 saturated heterocycles. The maximum absolute atomic E-state index is 12.7. The molecule has 1 amide bonds. The third kappa shape index (κ3) is 4.39. The molecule has 136 valence electrons. The minimum absolute atomic E-state index is 0.00991. The first-order valence-electron chi connectivity index (χ1n) is 8.58. The van der Waals surface area contributed by atoms with Crippen molar-refractivity contribution in [3.05, 3.63) is 41.7 Å². The van der Waals surface area contributed by atoms with Crippen molar-refractivity contribution in [1.82, 2.24) is 14.7 Å². The fourth-order valence-electron chi connectivity index (χ4n) is 2.62. The molecule has 1 atom stereocenters. The molecule has 25 heavy (non-hydrogen) atoms. The molecule has 1 unspecified atom stereocenters. The molecule has 2 aromatic rings. The summed E-state index contributed by atoms with van der Waals surface area (Å²) in [6.45, 7) is 9.74. The number of aromatic hydroxyl groups is 1. The molecule has 0 spiro atoms. The number of aromatic nitrogens is 2. The van der Waals surface area contributed by atoms with E-state index >= 15 is 0 Å². The van der Waals surface area contributed by atoms with Crippen LogP contribution in [0.15, 0.2) is 30.5 Å². The molecule has 0 aliphatic carbocycles. The van der Waals surface area contributed by atoms with Crippen LogP contribution in [0.25, 0.3) is 5.69 Å². The number of nitrogens with zero attached hydrogens (tertiary/aromatic N) is 3. The van der Waals surface area contributed by atoms with Crippen LogP contribution in [0.5, 0.6) is 5.75 Å². The average Bonchev–Trinajstić information content (AvgIpc) is 2.93. The van der Waals surface area contributed by atoms with E-state index in [2.05, 4.69) is 18.9 Å². The standard InChI is InChI=1S/C19H27N3O3/c1-12(2)15-7-6-8-16(9-15)22-11-17(24)18(20-22)19(25)21(13(3)4)10-14(5)23/h6-9,11-14,23-24H,10H2,1-5H3. The Morgan fingerprint density at radius 2 is 1.92 bits per heavy atom. The van der Waals surface area contributed by atoms with E-state index in [4.69, 9.17) is 0 Å². The van der Waals surface area contributed by atoms with Gasteiger partial charge in [-0.15, -0.1) is 0 Å². The average molecular weight is 345 g/mol. The van der Waals surface area contributed by atoms with Crippen molar-refractivity contribution >= 4 is 5.91 Å². The molecular formula is C19H27N3O3. The summed E-state index contributed by atoms with van der Waals surface area (Å²) in [5.41, 5.74) is 1.93. The van der Waals surface area contributed by atoms with E-state index in [1.165, 1.54) is 15.8 Å². The van der Waals surface area contributed by atoms with Crippen molar-refractivity contribution in [3.8, 4) is 11.4 Å². The largest absolute Gasteiger partial charge is 0.504 e. The maximum Gasteiger partial charge on any atom is 0.278 e. The van der Waals surface area contributed by atoms with Gasteiger partial charge in [0.25, 0.3) is 5.91 Å². The van der Waals surface area contributed by atoms with Crippen LogP contribution < -0.4 is 0 Å². The number of aliphatic hydroxyl groups excluding tert-OH is 1. The zero-order valence-corrected chi connectivity index (χ0v) is 15.5. The SMILES string of the molecule is CC(O)CN(C(=O)c1nn(-c2cccc(C(C)C)c2)cc1O)C(C)C. The molecule has 6 nitrogen and oxygen atoms in total. The van der Waals surface area contributed by atoms with Gasteiger partial charge >= 0.3 is 0 Å². The summed E-state index contributed by atoms with van der Waals surface area (Å²) >= 11 is 0. The van der Waals surface area contributed by atoms with Crippen molar-refractivity contribution in [3.63, 3.8) is 0 Å². The molecular weight excluding hydrogens is 318 g/mol. The number of carbonyl (C=O) groups excluding carboxylic acids is 1. The number of hydrogen-bond acceptors (Lipinski definition) is 4. The first-order valence-corrected chi connectivity index (χ1v) is 8.58. The highest BCUT2D eigenvalue weighted by molar-refractivity contribution is 5.95. The maximum atomic E-state index is 12.7. The predicted octanol–water partition coefficient (Wildman–Crippen LogP) is 2.93. The van der Waals surface area contributed by atoms with Gasteiger partial charge in [-0.2, -0.15) is 5.10 Å². The van der Waals surface area contributed by atoms with E-state index in [-0.39, 0.29) is 24.0 Å². The monoisotopic (exact) mass is 345 g/mol. The highest BCUT2D eigenvalue weighted by Crippen LogP contribution is 2.23. The van der Waals surface area contributed by atoms with Crippen molar-refractivity contribution in [2.45, 2.75) is 52.7 Å². The molecule has 1 aromatic heterocycles. The highest BCUT2D eigenvalue weighted by atomic mass is 16.3. The number of benzene rings is 1. The third-order valence-corrected chi connectivity index (χ3v) is 4.04. The van der Waals surface area contributed by atoms with Crippen molar-refractivity contribution in [2.75, 3.05) is 6.54 Å². The Hall–Kier alpha value is -2.34. The minimum atomic E-state index is -0.654. The van der Waals surface area contributed by atoms with Crippen molar-refractivity contribution in [2.24, 2.45) is 0 Å². The van der Waals surface area contributed by atoms with Gasteiger partial charge in [-0.3, -0.25) is 4.79 Å². The molecule has 6 heteroatoms. The molecule has 0 aliphatic rings. The number of hydrogen-bond donors (Lipinski definition) is 2.